The van der Waals surface area contributed by atoms with Crippen molar-refractivity contribution in [3.05, 3.63) is 11.9 Å². The SMILES string of the molecule is CCCC(=O)N1CCCC1C(=O)NCc1cn(CC(=O)O)nn1. The van der Waals surface area contributed by atoms with Crippen molar-refractivity contribution in [3.63, 3.8) is 0 Å². The summed E-state index contributed by atoms with van der Waals surface area (Å²) in [5, 5.41) is 18.9. The minimum absolute atomic E-state index is 0.0116. The van der Waals surface area contributed by atoms with Gasteiger partial charge in [-0.1, -0.05) is 12.1 Å². The Bertz CT molecular complexity index is 585. The molecule has 2 N–H and O–H groups in total. The lowest BCUT2D eigenvalue weighted by Crippen LogP contribution is -2.45. The Labute approximate surface area is 133 Å². The maximum atomic E-state index is 12.3. The van der Waals surface area contributed by atoms with Gasteiger partial charge in [-0.05, 0) is 19.3 Å². The Morgan fingerprint density at radius 1 is 1.43 bits per heavy atom. The van der Waals surface area contributed by atoms with Crippen LogP contribution in [-0.2, 0) is 27.5 Å². The Morgan fingerprint density at radius 2 is 2.22 bits per heavy atom. The summed E-state index contributed by atoms with van der Waals surface area (Å²) >= 11 is 0. The smallest absolute Gasteiger partial charge is 0.325 e. The first-order valence-corrected chi connectivity index (χ1v) is 7.69. The summed E-state index contributed by atoms with van der Waals surface area (Å²) in [5.41, 5.74) is 0.476. The predicted octanol–water partition coefficient (Wildman–Crippen LogP) is -0.230. The summed E-state index contributed by atoms with van der Waals surface area (Å²) in [6, 6.07) is -0.428. The zero-order valence-electron chi connectivity index (χ0n) is 13.1. The highest BCUT2D eigenvalue weighted by molar-refractivity contribution is 5.88. The Kier molecular flexibility index (Phi) is 5.67. The molecule has 0 bridgehead atoms. The van der Waals surface area contributed by atoms with Crippen molar-refractivity contribution in [2.24, 2.45) is 0 Å². The maximum Gasteiger partial charge on any atom is 0.325 e. The Balaban J connectivity index is 1.87. The molecule has 1 aliphatic rings. The van der Waals surface area contributed by atoms with Gasteiger partial charge in [0.05, 0.1) is 12.7 Å². The number of carboxylic acids is 1. The van der Waals surface area contributed by atoms with E-state index in [9.17, 15) is 14.4 Å². The molecule has 2 heterocycles. The fraction of sp³-hybridized carbons (Fsp3) is 0.643. The summed E-state index contributed by atoms with van der Waals surface area (Å²) in [6.45, 7) is 2.43. The first-order chi connectivity index (χ1) is 11.0. The lowest BCUT2D eigenvalue weighted by molar-refractivity contribution is -0.138. The number of aromatic nitrogens is 3. The molecule has 9 nitrogen and oxygen atoms in total. The van der Waals surface area contributed by atoms with Gasteiger partial charge in [-0.15, -0.1) is 5.10 Å². The molecule has 23 heavy (non-hydrogen) atoms. The summed E-state index contributed by atoms with van der Waals surface area (Å²) < 4.78 is 1.19. The zero-order chi connectivity index (χ0) is 16.8. The number of rotatable bonds is 7. The second-order valence-electron chi connectivity index (χ2n) is 5.51. The van der Waals surface area contributed by atoms with E-state index in [1.165, 1.54) is 10.9 Å². The van der Waals surface area contributed by atoms with Crippen LogP contribution in [0.3, 0.4) is 0 Å². The second kappa shape index (κ2) is 7.70. The molecule has 126 valence electrons. The van der Waals surface area contributed by atoms with Crippen LogP contribution < -0.4 is 5.32 Å². The van der Waals surface area contributed by atoms with Crippen LogP contribution >= 0.6 is 0 Å². The van der Waals surface area contributed by atoms with Gasteiger partial charge in [0.1, 0.15) is 18.3 Å². The number of carbonyl (C=O) groups is 3. The minimum Gasteiger partial charge on any atom is -0.480 e. The Hall–Kier alpha value is -2.45. The van der Waals surface area contributed by atoms with Crippen LogP contribution in [0.25, 0.3) is 0 Å². The number of carbonyl (C=O) groups excluding carboxylic acids is 2. The topological polar surface area (TPSA) is 117 Å². The second-order valence-corrected chi connectivity index (χ2v) is 5.51. The molecule has 1 unspecified atom stereocenters. The number of hydrogen-bond donors (Lipinski definition) is 2. The van der Waals surface area contributed by atoms with E-state index >= 15 is 0 Å². The number of nitrogens with zero attached hydrogens (tertiary/aromatic N) is 4. The van der Waals surface area contributed by atoms with Crippen LogP contribution in [0.2, 0.25) is 0 Å². The van der Waals surface area contributed by atoms with Gasteiger partial charge >= 0.3 is 5.97 Å². The Morgan fingerprint density at radius 3 is 2.91 bits per heavy atom. The fourth-order valence-corrected chi connectivity index (χ4v) is 2.63. The molecule has 1 saturated heterocycles. The standard InChI is InChI=1S/C14H21N5O4/c1-2-4-12(20)19-6-3-5-11(19)14(23)15-7-10-8-18(17-16-10)9-13(21)22/h8,11H,2-7,9H2,1H3,(H,15,23)(H,21,22). The maximum absolute atomic E-state index is 12.3. The van der Waals surface area contributed by atoms with Gasteiger partial charge in [0.2, 0.25) is 11.8 Å². The third-order valence-corrected chi connectivity index (χ3v) is 3.67. The van der Waals surface area contributed by atoms with Gasteiger partial charge < -0.3 is 15.3 Å². The van der Waals surface area contributed by atoms with Crippen LogP contribution in [0, 0.1) is 0 Å². The van der Waals surface area contributed by atoms with Crippen LogP contribution in [0.15, 0.2) is 6.20 Å². The molecule has 1 fully saturated rings. The highest BCUT2D eigenvalue weighted by atomic mass is 16.4. The van der Waals surface area contributed by atoms with Crippen molar-refractivity contribution in [2.75, 3.05) is 6.54 Å². The van der Waals surface area contributed by atoms with E-state index in [1.54, 1.807) is 4.90 Å². The fourth-order valence-electron chi connectivity index (χ4n) is 2.63. The minimum atomic E-state index is -1.01. The quantitative estimate of drug-likeness (QED) is 0.716. The largest absolute Gasteiger partial charge is 0.480 e. The van der Waals surface area contributed by atoms with Crippen molar-refractivity contribution in [1.82, 2.24) is 25.2 Å². The number of carboxylic acid groups (broad SMARTS) is 1. The molecule has 0 spiro atoms. The number of likely N-dealkylation sites (tertiary alicyclic amines) is 1. The van der Waals surface area contributed by atoms with E-state index in [-0.39, 0.29) is 24.9 Å². The number of aliphatic carboxylic acids is 1. The molecule has 0 aliphatic carbocycles. The van der Waals surface area contributed by atoms with Gasteiger partial charge in [-0.3, -0.25) is 14.4 Å². The van der Waals surface area contributed by atoms with Gasteiger partial charge in [-0.2, -0.15) is 0 Å². The molecule has 1 aromatic heterocycles. The molecule has 0 aromatic carbocycles. The van der Waals surface area contributed by atoms with Crippen LogP contribution in [0.5, 0.6) is 0 Å². The molecule has 0 radical (unpaired) electrons. The van der Waals surface area contributed by atoms with Gasteiger partial charge in [0.15, 0.2) is 0 Å². The first-order valence-electron chi connectivity index (χ1n) is 7.69. The third kappa shape index (κ3) is 4.51. The summed E-state index contributed by atoms with van der Waals surface area (Å²) in [4.78, 5) is 36.5. The van der Waals surface area contributed by atoms with E-state index < -0.39 is 12.0 Å². The molecule has 2 rings (SSSR count). The summed E-state index contributed by atoms with van der Waals surface area (Å²) in [7, 11) is 0. The van der Waals surface area contributed by atoms with Gasteiger partial charge in [0, 0.05) is 13.0 Å². The number of amides is 2. The van der Waals surface area contributed by atoms with Gasteiger partial charge in [0.25, 0.3) is 0 Å². The number of nitrogens with one attached hydrogen (secondary N) is 1. The monoisotopic (exact) mass is 323 g/mol. The number of hydrogen-bond acceptors (Lipinski definition) is 5. The van der Waals surface area contributed by atoms with Crippen molar-refractivity contribution >= 4 is 17.8 Å². The third-order valence-electron chi connectivity index (χ3n) is 3.67. The first kappa shape index (κ1) is 16.9. The highest BCUT2D eigenvalue weighted by Crippen LogP contribution is 2.19. The van der Waals surface area contributed by atoms with Crippen molar-refractivity contribution in [3.8, 4) is 0 Å². The molecule has 1 atom stereocenters. The summed E-state index contributed by atoms with van der Waals surface area (Å²) in [6.07, 6.45) is 4.17. The van der Waals surface area contributed by atoms with E-state index in [0.29, 0.717) is 25.1 Å². The molecule has 9 heteroatoms. The van der Waals surface area contributed by atoms with E-state index in [0.717, 1.165) is 12.8 Å². The molecule has 2 amide bonds. The van der Waals surface area contributed by atoms with Crippen molar-refractivity contribution < 1.29 is 19.5 Å². The van der Waals surface area contributed by atoms with Gasteiger partial charge in [-0.25, -0.2) is 4.68 Å². The molecule has 0 saturated carbocycles. The predicted molar refractivity (Wildman–Crippen MR) is 79.1 cm³/mol. The lowest BCUT2D eigenvalue weighted by Gasteiger charge is -2.23. The van der Waals surface area contributed by atoms with E-state index in [4.69, 9.17) is 5.11 Å². The van der Waals surface area contributed by atoms with E-state index in [1.807, 2.05) is 6.92 Å². The van der Waals surface area contributed by atoms with Crippen molar-refractivity contribution in [2.45, 2.75) is 51.7 Å². The highest BCUT2D eigenvalue weighted by Gasteiger charge is 2.33. The molecule has 1 aromatic rings. The average molecular weight is 323 g/mol. The molecular formula is C14H21N5O4. The normalized spacial score (nSPS) is 17.3. The van der Waals surface area contributed by atoms with Crippen molar-refractivity contribution in [1.29, 1.82) is 0 Å². The summed E-state index contributed by atoms with van der Waals surface area (Å²) in [5.74, 6) is -1.21. The average Bonchev–Trinajstić information content (AvgIpc) is 3.13. The van der Waals surface area contributed by atoms with Crippen LogP contribution in [0.1, 0.15) is 38.3 Å². The molecular weight excluding hydrogens is 302 g/mol. The zero-order valence-corrected chi connectivity index (χ0v) is 13.1. The molecule has 1 aliphatic heterocycles. The van der Waals surface area contributed by atoms with E-state index in [2.05, 4.69) is 15.6 Å². The van der Waals surface area contributed by atoms with Crippen LogP contribution in [-0.4, -0.2) is 55.4 Å². The lowest BCUT2D eigenvalue weighted by atomic mass is 10.2. The van der Waals surface area contributed by atoms with Crippen LogP contribution in [0.4, 0.5) is 0 Å².